The predicted molar refractivity (Wildman–Crippen MR) is 169 cm³/mol. The van der Waals surface area contributed by atoms with Crippen molar-refractivity contribution in [3.8, 4) is 0 Å². The Morgan fingerprint density at radius 3 is 0.962 bits per heavy atom. The first-order valence-corrected chi connectivity index (χ1v) is 17.1. The molecule has 0 heterocycles. The molecule has 2 atom stereocenters. The van der Waals surface area contributed by atoms with Gasteiger partial charge in [-0.3, -0.25) is 9.59 Å². The Bertz CT molecular complexity index is 1620. The summed E-state index contributed by atoms with van der Waals surface area (Å²) in [6.07, 6.45) is 2.64. The van der Waals surface area contributed by atoms with Crippen molar-refractivity contribution in [2.45, 2.75) is 76.6 Å². The van der Waals surface area contributed by atoms with Crippen LogP contribution < -0.4 is 0 Å². The van der Waals surface area contributed by atoms with E-state index in [-0.39, 0.29) is 50.1 Å². The van der Waals surface area contributed by atoms with Gasteiger partial charge in [-0.25, -0.2) is 16.8 Å². The molecule has 2 N–H and O–H groups in total. The molecule has 2 aromatic rings. The van der Waals surface area contributed by atoms with Gasteiger partial charge in [0.15, 0.2) is 31.8 Å². The average molecular weight is 961 g/mol. The van der Waals surface area contributed by atoms with E-state index in [2.05, 4.69) is 90.1 Å². The van der Waals surface area contributed by atoms with Crippen LogP contribution in [0.1, 0.15) is 61.8 Å². The molecule has 20 heteroatoms. The summed E-state index contributed by atoms with van der Waals surface area (Å²) in [6.45, 7) is 13.1. The van der Waals surface area contributed by atoms with Crippen molar-refractivity contribution < 1.29 is 111 Å². The van der Waals surface area contributed by atoms with Crippen LogP contribution >= 0.6 is 0 Å². The third-order valence-corrected chi connectivity index (χ3v) is 7.46. The molecule has 0 amide bonds. The molecule has 2 unspecified atom stereocenters. The molecule has 2 aliphatic carbocycles. The fourth-order valence-electron chi connectivity index (χ4n) is 3.51. The van der Waals surface area contributed by atoms with Gasteiger partial charge in [-0.15, -0.1) is 0 Å². The number of hydrogen-bond donors (Lipinski definition) is 2. The van der Waals surface area contributed by atoms with Crippen LogP contribution in [0.25, 0.3) is 0 Å². The van der Waals surface area contributed by atoms with Gasteiger partial charge in [0.25, 0.3) is 0 Å². The Morgan fingerprint density at radius 1 is 0.577 bits per heavy atom. The van der Waals surface area contributed by atoms with Gasteiger partial charge in [0.05, 0.1) is 0 Å². The van der Waals surface area contributed by atoms with Crippen molar-refractivity contribution in [3.63, 3.8) is 0 Å². The molecule has 0 aliphatic heterocycles. The minimum Gasteiger partial charge on any atom is -0.741 e. The molecule has 0 aromatic heterocycles. The molecule has 0 spiro atoms. The maximum Gasteiger partial charge on any atom is 1.00 e. The van der Waals surface area contributed by atoms with Gasteiger partial charge in [-0.05, 0) is 61.1 Å². The maximum atomic E-state index is 11.3. The number of aliphatic hydroxyl groups excluding tert-OH is 2. The monoisotopic (exact) mass is 962 g/mol. The molecule has 294 valence electrons. The largest absolute Gasteiger partial charge is 1.00 e. The summed E-state index contributed by atoms with van der Waals surface area (Å²) < 4.78 is 118. The molecule has 2 aliphatic rings. The maximum absolute atomic E-state index is 11.3. The fraction of sp³-hybridized carbons (Fsp3) is 0.375. The van der Waals surface area contributed by atoms with Gasteiger partial charge >= 0.3 is 50.0 Å². The van der Waals surface area contributed by atoms with Crippen LogP contribution in [0.3, 0.4) is 0 Å². The summed E-state index contributed by atoms with van der Waals surface area (Å²) in [4.78, 5) is 22.7. The smallest absolute Gasteiger partial charge is 0.741 e. The molecule has 2 radical (unpaired) electrons. The van der Waals surface area contributed by atoms with Crippen LogP contribution in [-0.2, 0) is 68.8 Å². The normalized spacial score (nSPS) is 16.7. The summed E-state index contributed by atoms with van der Waals surface area (Å²) >= 11 is 0. The Kier molecular flexibility index (Phi) is 23.5. The van der Waals surface area contributed by atoms with E-state index in [1.54, 1.807) is 0 Å². The van der Waals surface area contributed by atoms with Crippen molar-refractivity contribution in [2.24, 2.45) is 0 Å². The van der Waals surface area contributed by atoms with Gasteiger partial charge in [0.1, 0.15) is 12.2 Å². The Balaban J connectivity index is -0.000000583. The first-order valence-electron chi connectivity index (χ1n) is 14.2. The van der Waals surface area contributed by atoms with Crippen molar-refractivity contribution >= 4 is 31.8 Å². The van der Waals surface area contributed by atoms with E-state index in [4.69, 9.17) is 25.9 Å². The number of halogens is 6. The number of aryl methyl sites for hydroxylation is 2. The molecular formula is C32H36F6O10Ru2S2. The minimum absolute atomic E-state index is 0. The summed E-state index contributed by atoms with van der Waals surface area (Å²) in [5.41, 5.74) is -5.79. The van der Waals surface area contributed by atoms with E-state index >= 15 is 0 Å². The Hall–Kier alpha value is -2.43. The van der Waals surface area contributed by atoms with Crippen LogP contribution in [0.15, 0.2) is 84.0 Å². The Labute approximate surface area is 324 Å². The van der Waals surface area contributed by atoms with Crippen LogP contribution in [0.4, 0.5) is 26.3 Å². The van der Waals surface area contributed by atoms with Gasteiger partial charge in [-0.2, -0.15) is 26.3 Å². The van der Waals surface area contributed by atoms with Crippen LogP contribution in [-0.4, -0.2) is 70.9 Å². The topological polar surface area (TPSA) is 189 Å². The zero-order valence-electron chi connectivity index (χ0n) is 28.2. The van der Waals surface area contributed by atoms with E-state index in [0.29, 0.717) is 11.8 Å². The van der Waals surface area contributed by atoms with Crippen LogP contribution in [0, 0.1) is 13.8 Å². The van der Waals surface area contributed by atoms with Gasteiger partial charge < -0.3 is 19.3 Å². The van der Waals surface area contributed by atoms with Crippen molar-refractivity contribution in [1.82, 2.24) is 0 Å². The summed E-state index contributed by atoms with van der Waals surface area (Å²) in [7, 11) is -12.2. The molecule has 4 rings (SSSR count). The molecular weight excluding hydrogens is 925 g/mol. The van der Waals surface area contributed by atoms with E-state index in [9.17, 15) is 46.1 Å². The number of carbonyl (C=O) groups excluding carboxylic acids is 2. The van der Waals surface area contributed by atoms with Gasteiger partial charge in [0, 0.05) is 11.1 Å². The second-order valence-corrected chi connectivity index (χ2v) is 13.8. The molecule has 2 aromatic carbocycles. The van der Waals surface area contributed by atoms with E-state index < -0.39 is 55.0 Å². The third kappa shape index (κ3) is 19.1. The third-order valence-electron chi connectivity index (χ3n) is 6.33. The number of rotatable bonds is 2. The Morgan fingerprint density at radius 2 is 0.788 bits per heavy atom. The summed E-state index contributed by atoms with van der Waals surface area (Å²) in [5, 5.41) is 18.9. The minimum atomic E-state index is -6.09. The second-order valence-electron chi connectivity index (χ2n) is 11.1. The number of hydrogen-bond acceptors (Lipinski definition) is 10. The van der Waals surface area contributed by atoms with E-state index in [1.165, 1.54) is 46.6 Å². The van der Waals surface area contributed by atoms with E-state index in [1.807, 2.05) is 0 Å². The molecule has 0 fully saturated rings. The zero-order valence-corrected chi connectivity index (χ0v) is 33.3. The number of benzene rings is 2. The van der Waals surface area contributed by atoms with E-state index in [0.717, 1.165) is 0 Å². The van der Waals surface area contributed by atoms with Crippen molar-refractivity contribution in [3.05, 3.63) is 106 Å². The number of carbonyl (C=O) groups is 2. The first kappa shape index (κ1) is 53.9. The SMILES string of the molecule is Cc1ccc(C(C)C)cc1.Cc1ccc(C(C)C)cc1.O=C1C=CC(O)C2=C1C(O)C=CC2=O.O=S(=O)([O-])C(F)(F)F.O=S(=O)([O-])C(F)(F)F.[Ru+].[Ru+]. The number of aliphatic hydroxyl groups is 2. The predicted octanol–water partition coefficient (Wildman–Crippen LogP) is 5.62. The molecule has 52 heavy (non-hydrogen) atoms. The van der Waals surface area contributed by atoms with Crippen molar-refractivity contribution in [1.29, 1.82) is 0 Å². The zero-order chi connectivity index (χ0) is 39.4. The van der Waals surface area contributed by atoms with Gasteiger partial charge in [-0.1, -0.05) is 87.4 Å². The molecule has 0 saturated carbocycles. The molecule has 0 bridgehead atoms. The molecule has 10 nitrogen and oxygen atoms in total. The second kappa shape index (κ2) is 22.7. The van der Waals surface area contributed by atoms with Crippen LogP contribution in [0.2, 0.25) is 0 Å². The number of allylic oxidation sites excluding steroid dienone is 2. The summed E-state index contributed by atoms with van der Waals surface area (Å²) in [6, 6.07) is 17.4. The molecule has 0 saturated heterocycles. The first-order chi connectivity index (χ1) is 22.5. The standard InChI is InChI=1S/C10H8O4.2C10H14.2CHF3O3S.2Ru/c11-5-1-2-6(12)10-8(14)4-3-7(13)9(5)10;2*1-8(2)10-6-4-9(3)5-7-10;2*2-1(3,4)8(5,6)7;;/h1-5,8,11,14H;2*4-8H,1-3H3;2*(H,5,6,7);;/q;;;;;2*+1/p-2. The summed E-state index contributed by atoms with van der Waals surface area (Å²) in [5.74, 6) is 0.465. The van der Waals surface area contributed by atoms with Crippen LogP contribution in [0.5, 0.6) is 0 Å². The average Bonchev–Trinajstić information content (AvgIpc) is 2.96. The fourth-order valence-corrected chi connectivity index (χ4v) is 3.51. The number of ketones is 2. The van der Waals surface area contributed by atoms with Gasteiger partial charge in [0.2, 0.25) is 0 Å². The van der Waals surface area contributed by atoms with Crippen molar-refractivity contribution in [2.75, 3.05) is 0 Å². The quantitative estimate of drug-likeness (QED) is 0.166. The number of alkyl halides is 6.